The SMILES string of the molecule is NC(=O)CC(NC(=O)Nc1cc(F)c(F)c(F)c1)C(=O)O. The average molecular weight is 305 g/mol. The third-order valence-corrected chi connectivity index (χ3v) is 2.25. The number of anilines is 1. The number of carbonyl (C=O) groups excluding carboxylic acids is 2. The molecule has 114 valence electrons. The number of carboxylic acid groups (broad SMARTS) is 1. The van der Waals surface area contributed by atoms with E-state index in [1.54, 1.807) is 0 Å². The van der Waals surface area contributed by atoms with Crippen molar-refractivity contribution in [2.24, 2.45) is 5.73 Å². The van der Waals surface area contributed by atoms with E-state index >= 15 is 0 Å². The van der Waals surface area contributed by atoms with E-state index in [4.69, 9.17) is 10.8 Å². The van der Waals surface area contributed by atoms with Crippen LogP contribution in [-0.2, 0) is 9.59 Å². The van der Waals surface area contributed by atoms with E-state index in [-0.39, 0.29) is 0 Å². The summed E-state index contributed by atoms with van der Waals surface area (Å²) in [5.74, 6) is -7.27. The highest BCUT2D eigenvalue weighted by molar-refractivity contribution is 5.93. The van der Waals surface area contributed by atoms with Gasteiger partial charge >= 0.3 is 12.0 Å². The Morgan fingerprint density at radius 3 is 2.14 bits per heavy atom. The first-order valence-corrected chi connectivity index (χ1v) is 5.44. The predicted molar refractivity (Wildman–Crippen MR) is 63.7 cm³/mol. The monoisotopic (exact) mass is 305 g/mol. The van der Waals surface area contributed by atoms with Crippen molar-refractivity contribution in [2.75, 3.05) is 5.32 Å². The number of rotatable bonds is 5. The largest absolute Gasteiger partial charge is 0.480 e. The van der Waals surface area contributed by atoms with Crippen LogP contribution in [0.5, 0.6) is 0 Å². The van der Waals surface area contributed by atoms with Gasteiger partial charge in [-0.2, -0.15) is 0 Å². The molecule has 1 atom stereocenters. The highest BCUT2D eigenvalue weighted by atomic mass is 19.2. The quantitative estimate of drug-likeness (QED) is 0.593. The van der Waals surface area contributed by atoms with Crippen molar-refractivity contribution in [3.63, 3.8) is 0 Å². The Labute approximate surface area is 115 Å². The van der Waals surface area contributed by atoms with E-state index in [1.165, 1.54) is 0 Å². The van der Waals surface area contributed by atoms with Crippen molar-refractivity contribution in [1.82, 2.24) is 5.32 Å². The number of halogens is 3. The van der Waals surface area contributed by atoms with Gasteiger partial charge in [0.2, 0.25) is 5.91 Å². The Bertz CT molecular complexity index is 571. The second kappa shape index (κ2) is 6.59. The zero-order valence-corrected chi connectivity index (χ0v) is 10.3. The Morgan fingerprint density at radius 1 is 1.19 bits per heavy atom. The molecule has 1 aromatic rings. The van der Waals surface area contributed by atoms with Crippen LogP contribution in [0.4, 0.5) is 23.7 Å². The zero-order valence-electron chi connectivity index (χ0n) is 10.3. The van der Waals surface area contributed by atoms with Crippen LogP contribution in [0.3, 0.4) is 0 Å². The number of aliphatic carboxylic acids is 1. The summed E-state index contributed by atoms with van der Waals surface area (Å²) in [5.41, 5.74) is 4.36. The number of benzene rings is 1. The molecule has 0 aliphatic carbocycles. The van der Waals surface area contributed by atoms with Gasteiger partial charge in [-0.15, -0.1) is 0 Å². The molecule has 0 heterocycles. The number of nitrogens with one attached hydrogen (secondary N) is 2. The van der Waals surface area contributed by atoms with E-state index in [2.05, 4.69) is 0 Å². The fourth-order valence-electron chi connectivity index (χ4n) is 1.35. The van der Waals surface area contributed by atoms with Crippen molar-refractivity contribution in [3.8, 4) is 0 Å². The maximum Gasteiger partial charge on any atom is 0.326 e. The van der Waals surface area contributed by atoms with Crippen LogP contribution in [0, 0.1) is 17.5 Å². The maximum atomic E-state index is 12.9. The van der Waals surface area contributed by atoms with Gasteiger partial charge < -0.3 is 21.5 Å². The lowest BCUT2D eigenvalue weighted by atomic mass is 10.2. The van der Waals surface area contributed by atoms with E-state index in [9.17, 15) is 27.6 Å². The summed E-state index contributed by atoms with van der Waals surface area (Å²) in [6.07, 6.45) is -0.672. The van der Waals surface area contributed by atoms with Crippen molar-refractivity contribution in [2.45, 2.75) is 12.5 Å². The number of nitrogens with two attached hydrogens (primary N) is 1. The van der Waals surface area contributed by atoms with Gasteiger partial charge in [0.25, 0.3) is 0 Å². The van der Waals surface area contributed by atoms with E-state index < -0.39 is 53.5 Å². The Morgan fingerprint density at radius 2 is 1.71 bits per heavy atom. The van der Waals surface area contributed by atoms with Crippen LogP contribution in [0.1, 0.15) is 6.42 Å². The molecule has 0 saturated carbocycles. The minimum atomic E-state index is -1.71. The lowest BCUT2D eigenvalue weighted by molar-refractivity contribution is -0.140. The summed E-state index contributed by atoms with van der Waals surface area (Å²) < 4.78 is 38.5. The Hall–Kier alpha value is -2.78. The smallest absolute Gasteiger partial charge is 0.326 e. The molecule has 0 aliphatic heterocycles. The van der Waals surface area contributed by atoms with E-state index in [1.807, 2.05) is 10.6 Å². The number of carboxylic acids is 1. The van der Waals surface area contributed by atoms with Crippen LogP contribution in [-0.4, -0.2) is 29.1 Å². The Kier molecular flexibility index (Phi) is 5.11. The molecular weight excluding hydrogens is 295 g/mol. The van der Waals surface area contributed by atoms with Crippen LogP contribution in [0.2, 0.25) is 0 Å². The first-order chi connectivity index (χ1) is 9.70. The number of hydrogen-bond acceptors (Lipinski definition) is 3. The summed E-state index contributed by atoms with van der Waals surface area (Å²) in [6, 6.07) is -1.77. The second-order valence-corrected chi connectivity index (χ2v) is 3.91. The molecule has 10 heteroatoms. The van der Waals surface area contributed by atoms with Crippen LogP contribution < -0.4 is 16.4 Å². The molecule has 1 unspecified atom stereocenters. The molecule has 7 nitrogen and oxygen atoms in total. The highest BCUT2D eigenvalue weighted by Crippen LogP contribution is 2.17. The van der Waals surface area contributed by atoms with Gasteiger partial charge in [-0.3, -0.25) is 4.79 Å². The third-order valence-electron chi connectivity index (χ3n) is 2.25. The van der Waals surface area contributed by atoms with Gasteiger partial charge in [0.15, 0.2) is 17.5 Å². The van der Waals surface area contributed by atoms with Crippen molar-refractivity contribution in [1.29, 1.82) is 0 Å². The molecule has 3 amide bonds. The number of amides is 3. The Balaban J connectivity index is 2.76. The summed E-state index contributed by atoms with van der Waals surface area (Å²) in [4.78, 5) is 32.8. The molecular formula is C11H10F3N3O4. The summed E-state index contributed by atoms with van der Waals surface area (Å²) in [7, 11) is 0. The average Bonchev–Trinajstić information content (AvgIpc) is 2.34. The minimum absolute atomic E-state index is 0.438. The summed E-state index contributed by atoms with van der Waals surface area (Å²) >= 11 is 0. The normalized spacial score (nSPS) is 11.6. The van der Waals surface area contributed by atoms with Crippen molar-refractivity contribution >= 4 is 23.6 Å². The fraction of sp³-hybridized carbons (Fsp3) is 0.182. The van der Waals surface area contributed by atoms with Gasteiger partial charge in [-0.1, -0.05) is 0 Å². The molecule has 0 spiro atoms. The molecule has 1 aromatic carbocycles. The molecule has 0 saturated heterocycles. The van der Waals surface area contributed by atoms with Gasteiger partial charge in [0.05, 0.1) is 6.42 Å². The van der Waals surface area contributed by atoms with E-state index in [0.29, 0.717) is 12.1 Å². The zero-order chi connectivity index (χ0) is 16.2. The fourth-order valence-corrected chi connectivity index (χ4v) is 1.35. The summed E-state index contributed by atoms with van der Waals surface area (Å²) in [5, 5.41) is 12.5. The molecule has 0 radical (unpaired) electrons. The topological polar surface area (TPSA) is 122 Å². The van der Waals surface area contributed by atoms with Gasteiger partial charge in [-0.25, -0.2) is 22.8 Å². The third kappa shape index (κ3) is 4.67. The molecule has 1 rings (SSSR count). The number of carbonyl (C=O) groups is 3. The van der Waals surface area contributed by atoms with Crippen molar-refractivity contribution in [3.05, 3.63) is 29.6 Å². The van der Waals surface area contributed by atoms with Crippen LogP contribution in [0.15, 0.2) is 12.1 Å². The summed E-state index contributed by atoms with van der Waals surface area (Å²) in [6.45, 7) is 0. The lowest BCUT2D eigenvalue weighted by Gasteiger charge is -2.13. The van der Waals surface area contributed by atoms with E-state index in [0.717, 1.165) is 0 Å². The molecule has 5 N–H and O–H groups in total. The number of primary amides is 1. The first-order valence-electron chi connectivity index (χ1n) is 5.44. The number of urea groups is 1. The lowest BCUT2D eigenvalue weighted by Crippen LogP contribution is -2.45. The number of hydrogen-bond donors (Lipinski definition) is 4. The molecule has 0 bridgehead atoms. The van der Waals surface area contributed by atoms with Gasteiger partial charge in [-0.05, 0) is 0 Å². The van der Waals surface area contributed by atoms with Crippen LogP contribution >= 0.6 is 0 Å². The molecule has 0 aromatic heterocycles. The molecule has 0 aliphatic rings. The highest BCUT2D eigenvalue weighted by Gasteiger charge is 2.22. The van der Waals surface area contributed by atoms with Crippen LogP contribution in [0.25, 0.3) is 0 Å². The maximum absolute atomic E-state index is 12.9. The first kappa shape index (κ1) is 16.3. The second-order valence-electron chi connectivity index (χ2n) is 3.91. The van der Waals surface area contributed by atoms with Gasteiger partial charge in [0, 0.05) is 17.8 Å². The molecule has 21 heavy (non-hydrogen) atoms. The van der Waals surface area contributed by atoms with Crippen molar-refractivity contribution < 1.29 is 32.7 Å². The molecule has 0 fully saturated rings. The standard InChI is InChI=1S/C11H10F3N3O4/c12-5-1-4(2-6(13)9(5)14)16-11(21)17-7(10(19)20)3-8(15)18/h1-2,7H,3H2,(H2,15,18)(H,19,20)(H2,16,17,21). The predicted octanol–water partition coefficient (Wildman–Crippen LogP) is 0.554. The van der Waals surface area contributed by atoms with Gasteiger partial charge in [0.1, 0.15) is 6.04 Å². The minimum Gasteiger partial charge on any atom is -0.480 e.